The minimum Gasteiger partial charge on any atom is -0.489 e. The molecule has 2 fully saturated rings. The predicted octanol–water partition coefficient (Wildman–Crippen LogP) is 4.30. The van der Waals surface area contributed by atoms with Gasteiger partial charge in [0.15, 0.2) is 0 Å². The van der Waals surface area contributed by atoms with Gasteiger partial charge in [-0.1, -0.05) is 60.7 Å². The Kier molecular flexibility index (Phi) is 3.40. The summed E-state index contributed by atoms with van der Waals surface area (Å²) in [5.74, 6) is 0.681. The third-order valence-electron chi connectivity index (χ3n) is 5.69. The van der Waals surface area contributed by atoms with Gasteiger partial charge in [0.1, 0.15) is 18.0 Å². The van der Waals surface area contributed by atoms with E-state index in [0.717, 1.165) is 41.7 Å². The first kappa shape index (κ1) is 14.8. The predicted molar refractivity (Wildman–Crippen MR) is 95.3 cm³/mol. The van der Waals surface area contributed by atoms with E-state index in [9.17, 15) is 4.79 Å². The molecule has 126 valence electrons. The number of hydrogen-bond donors (Lipinski definition) is 0. The maximum absolute atomic E-state index is 12.8. The summed E-state index contributed by atoms with van der Waals surface area (Å²) in [4.78, 5) is 12.8. The van der Waals surface area contributed by atoms with Crippen LogP contribution in [0.5, 0.6) is 0 Å². The van der Waals surface area contributed by atoms with Crippen LogP contribution in [0, 0.1) is 11.8 Å². The Morgan fingerprint density at radius 3 is 2.04 bits per heavy atom. The molecule has 4 atom stereocenters. The molecule has 2 heterocycles. The zero-order chi connectivity index (χ0) is 16.8. The van der Waals surface area contributed by atoms with Crippen molar-refractivity contribution < 1.29 is 14.3 Å². The molecule has 0 amide bonds. The first-order chi connectivity index (χ1) is 12.3. The molecule has 0 bridgehead atoms. The van der Waals surface area contributed by atoms with E-state index >= 15 is 0 Å². The second-order valence-electron chi connectivity index (χ2n) is 7.09. The van der Waals surface area contributed by atoms with Crippen LogP contribution in [-0.2, 0) is 14.3 Å². The molecular weight excluding hydrogens is 312 g/mol. The molecule has 0 N–H and O–H groups in total. The number of benzene rings is 2. The summed E-state index contributed by atoms with van der Waals surface area (Å²) >= 11 is 0. The Labute approximate surface area is 147 Å². The zero-order valence-electron chi connectivity index (χ0n) is 13.9. The number of rotatable bonds is 2. The SMILES string of the molecule is O=C1O[C@@H]2CCC[C@@H]3OC(c4ccccc4)=C(c4ccccc4)[C@H]1[C@@H]32. The van der Waals surface area contributed by atoms with Crippen LogP contribution in [0.25, 0.3) is 11.3 Å². The van der Waals surface area contributed by atoms with E-state index in [4.69, 9.17) is 9.47 Å². The van der Waals surface area contributed by atoms with E-state index in [-0.39, 0.29) is 30.0 Å². The fourth-order valence-electron chi connectivity index (χ4n) is 4.64. The van der Waals surface area contributed by atoms with E-state index < -0.39 is 0 Å². The minimum absolute atomic E-state index is 0.00675. The van der Waals surface area contributed by atoms with Crippen LogP contribution < -0.4 is 0 Å². The second-order valence-corrected chi connectivity index (χ2v) is 7.09. The van der Waals surface area contributed by atoms with Gasteiger partial charge in [-0.05, 0) is 24.8 Å². The Morgan fingerprint density at radius 1 is 0.760 bits per heavy atom. The molecule has 5 rings (SSSR count). The van der Waals surface area contributed by atoms with Crippen LogP contribution in [0.3, 0.4) is 0 Å². The maximum atomic E-state index is 12.8. The number of esters is 1. The lowest BCUT2D eigenvalue weighted by atomic mass is 9.71. The van der Waals surface area contributed by atoms with Gasteiger partial charge in [0.25, 0.3) is 0 Å². The van der Waals surface area contributed by atoms with E-state index in [1.807, 2.05) is 36.4 Å². The Morgan fingerprint density at radius 2 is 1.36 bits per heavy atom. The van der Waals surface area contributed by atoms with Gasteiger partial charge in [-0.15, -0.1) is 0 Å². The van der Waals surface area contributed by atoms with Crippen molar-refractivity contribution in [2.24, 2.45) is 11.8 Å². The molecule has 2 aliphatic heterocycles. The van der Waals surface area contributed by atoms with Crippen molar-refractivity contribution >= 4 is 17.3 Å². The summed E-state index contributed by atoms with van der Waals surface area (Å²) in [6.07, 6.45) is 3.07. The van der Waals surface area contributed by atoms with Crippen molar-refractivity contribution in [3.05, 3.63) is 71.8 Å². The van der Waals surface area contributed by atoms with Gasteiger partial charge in [-0.3, -0.25) is 4.79 Å². The molecule has 25 heavy (non-hydrogen) atoms. The van der Waals surface area contributed by atoms with E-state index in [1.165, 1.54) is 0 Å². The Bertz CT molecular complexity index is 825. The van der Waals surface area contributed by atoms with Gasteiger partial charge >= 0.3 is 5.97 Å². The number of ether oxygens (including phenoxy) is 2. The fourth-order valence-corrected chi connectivity index (χ4v) is 4.64. The summed E-state index contributed by atoms with van der Waals surface area (Å²) in [7, 11) is 0. The highest BCUT2D eigenvalue weighted by molar-refractivity contribution is 6.00. The molecule has 1 saturated heterocycles. The molecule has 0 spiro atoms. The van der Waals surface area contributed by atoms with E-state index in [2.05, 4.69) is 24.3 Å². The number of carbonyl (C=O) groups excluding carboxylic acids is 1. The Hall–Kier alpha value is -2.55. The quantitative estimate of drug-likeness (QED) is 0.769. The fraction of sp³-hybridized carbons (Fsp3) is 0.318. The lowest BCUT2D eigenvalue weighted by Crippen LogP contribution is -2.41. The lowest BCUT2D eigenvalue weighted by Gasteiger charge is -2.40. The average molecular weight is 332 g/mol. The standard InChI is InChI=1S/C22H20O3/c23-22-20-18(14-8-3-1-4-9-14)21(15-10-5-2-6-11-15)24-16-12-7-13-17(25-22)19(16)20/h1-6,8-11,16-17,19-20H,7,12-13H2/t16-,17+,19-,20-/m0/s1. The van der Waals surface area contributed by atoms with Crippen LogP contribution in [0.2, 0.25) is 0 Å². The highest BCUT2D eigenvalue weighted by atomic mass is 16.6. The molecule has 3 heteroatoms. The second kappa shape index (κ2) is 5.76. The zero-order valence-corrected chi connectivity index (χ0v) is 13.9. The van der Waals surface area contributed by atoms with Gasteiger partial charge in [-0.25, -0.2) is 0 Å². The number of carbonyl (C=O) groups is 1. The normalized spacial score (nSPS) is 30.5. The summed E-state index contributed by atoms with van der Waals surface area (Å²) in [5, 5.41) is 0. The monoisotopic (exact) mass is 332 g/mol. The summed E-state index contributed by atoms with van der Waals surface area (Å²) in [6, 6.07) is 20.3. The Balaban J connectivity index is 1.74. The van der Waals surface area contributed by atoms with E-state index in [1.54, 1.807) is 0 Å². The van der Waals surface area contributed by atoms with Crippen LogP contribution in [0.1, 0.15) is 30.4 Å². The van der Waals surface area contributed by atoms with Gasteiger partial charge in [0.05, 0.1) is 11.8 Å². The largest absolute Gasteiger partial charge is 0.489 e. The first-order valence-electron chi connectivity index (χ1n) is 9.05. The molecule has 0 radical (unpaired) electrons. The minimum atomic E-state index is -0.221. The summed E-state index contributed by atoms with van der Waals surface area (Å²) in [5.41, 5.74) is 3.07. The molecule has 1 saturated carbocycles. The molecule has 0 unspecified atom stereocenters. The highest BCUT2D eigenvalue weighted by Gasteiger charge is 2.55. The third kappa shape index (κ3) is 2.30. The van der Waals surface area contributed by atoms with Crippen LogP contribution >= 0.6 is 0 Å². The smallest absolute Gasteiger partial charge is 0.314 e. The van der Waals surface area contributed by atoms with Gasteiger partial charge in [-0.2, -0.15) is 0 Å². The topological polar surface area (TPSA) is 35.5 Å². The van der Waals surface area contributed by atoms with Crippen molar-refractivity contribution in [3.8, 4) is 0 Å². The maximum Gasteiger partial charge on any atom is 0.314 e. The van der Waals surface area contributed by atoms with Crippen molar-refractivity contribution in [1.29, 1.82) is 0 Å². The lowest BCUT2D eigenvalue weighted by molar-refractivity contribution is -0.143. The van der Waals surface area contributed by atoms with Crippen LogP contribution in [0.4, 0.5) is 0 Å². The highest BCUT2D eigenvalue weighted by Crippen LogP contribution is 2.52. The van der Waals surface area contributed by atoms with Gasteiger partial charge in [0, 0.05) is 11.1 Å². The summed E-state index contributed by atoms with van der Waals surface area (Å²) < 4.78 is 12.3. The number of hydrogen-bond acceptors (Lipinski definition) is 3. The molecule has 2 aromatic carbocycles. The van der Waals surface area contributed by atoms with Gasteiger partial charge in [0.2, 0.25) is 0 Å². The molecule has 0 aromatic heterocycles. The third-order valence-corrected chi connectivity index (χ3v) is 5.69. The van der Waals surface area contributed by atoms with Crippen molar-refractivity contribution in [3.63, 3.8) is 0 Å². The molecule has 1 aliphatic carbocycles. The van der Waals surface area contributed by atoms with Crippen molar-refractivity contribution in [2.75, 3.05) is 0 Å². The first-order valence-corrected chi connectivity index (χ1v) is 9.05. The molecule has 2 aromatic rings. The van der Waals surface area contributed by atoms with Gasteiger partial charge < -0.3 is 9.47 Å². The van der Waals surface area contributed by atoms with Crippen LogP contribution in [-0.4, -0.2) is 18.2 Å². The van der Waals surface area contributed by atoms with Crippen molar-refractivity contribution in [2.45, 2.75) is 31.5 Å². The average Bonchev–Trinajstić information content (AvgIpc) is 3.01. The summed E-state index contributed by atoms with van der Waals surface area (Å²) in [6.45, 7) is 0. The molecular formula is C22H20O3. The van der Waals surface area contributed by atoms with E-state index in [0.29, 0.717) is 0 Å². The van der Waals surface area contributed by atoms with Crippen LogP contribution in [0.15, 0.2) is 60.7 Å². The molecule has 3 nitrogen and oxygen atoms in total. The van der Waals surface area contributed by atoms with Crippen molar-refractivity contribution in [1.82, 2.24) is 0 Å². The molecule has 3 aliphatic rings.